The Morgan fingerprint density at radius 3 is 2.56 bits per heavy atom. The van der Waals surface area contributed by atoms with E-state index in [-0.39, 0.29) is 18.2 Å². The first kappa shape index (κ1) is 12.4. The molecule has 94 valence electrons. The lowest BCUT2D eigenvalue weighted by atomic mass is 10.1. The topological polar surface area (TPSA) is 51.7 Å². The highest BCUT2D eigenvalue weighted by atomic mass is 16.1. The van der Waals surface area contributed by atoms with Gasteiger partial charge in [0.05, 0.1) is 17.4 Å². The highest BCUT2D eigenvalue weighted by molar-refractivity contribution is 5.95. The van der Waals surface area contributed by atoms with E-state index in [1.165, 1.54) is 4.80 Å². The van der Waals surface area contributed by atoms with Gasteiger partial charge in [0.25, 0.3) is 0 Å². The van der Waals surface area contributed by atoms with Crippen LogP contribution in [0.4, 0.5) is 0 Å². The maximum absolute atomic E-state index is 12.0. The molecule has 0 bridgehead atoms. The van der Waals surface area contributed by atoms with Gasteiger partial charge in [-0.05, 0) is 4.80 Å². The van der Waals surface area contributed by atoms with Gasteiger partial charge < -0.3 is 0 Å². The van der Waals surface area contributed by atoms with Crippen molar-refractivity contribution in [1.82, 2.24) is 15.1 Å². The summed E-state index contributed by atoms with van der Waals surface area (Å²) in [5.41, 5.74) is 0.684. The van der Waals surface area contributed by atoms with E-state index in [0.717, 1.165) is 5.82 Å². The molecule has 2 aromatic rings. The number of tetrazole rings is 1. The minimum atomic E-state index is 0.0153. The first-order valence-electron chi connectivity index (χ1n) is 5.97. The average Bonchev–Trinajstić information content (AvgIpc) is 2.71. The molecule has 18 heavy (non-hydrogen) atoms. The van der Waals surface area contributed by atoms with Gasteiger partial charge in [-0.3, -0.25) is 4.79 Å². The Hall–Kier alpha value is -2.04. The third-order valence-electron chi connectivity index (χ3n) is 2.68. The molecular formula is C13H17N4O+. The zero-order valence-electron chi connectivity index (χ0n) is 10.9. The quantitative estimate of drug-likeness (QED) is 0.599. The van der Waals surface area contributed by atoms with Gasteiger partial charge in [-0.1, -0.05) is 44.2 Å². The van der Waals surface area contributed by atoms with Crippen molar-refractivity contribution in [3.63, 3.8) is 0 Å². The van der Waals surface area contributed by atoms with Crippen molar-refractivity contribution in [3.8, 4) is 0 Å². The molecule has 5 heteroatoms. The van der Waals surface area contributed by atoms with Crippen molar-refractivity contribution in [2.45, 2.75) is 26.3 Å². The summed E-state index contributed by atoms with van der Waals surface area (Å²) < 4.78 is 1.71. The number of carbonyl (C=O) groups is 1. The van der Waals surface area contributed by atoms with Crippen LogP contribution in [-0.2, 0) is 13.6 Å². The Balaban J connectivity index is 2.15. The molecule has 0 atom stereocenters. The van der Waals surface area contributed by atoms with Crippen LogP contribution in [0.1, 0.15) is 35.9 Å². The van der Waals surface area contributed by atoms with Gasteiger partial charge in [0.2, 0.25) is 5.78 Å². The lowest BCUT2D eigenvalue weighted by molar-refractivity contribution is -0.740. The predicted molar refractivity (Wildman–Crippen MR) is 66.1 cm³/mol. The van der Waals surface area contributed by atoms with Crippen LogP contribution in [0.25, 0.3) is 0 Å². The second kappa shape index (κ2) is 5.08. The molecule has 0 amide bonds. The van der Waals surface area contributed by atoms with Gasteiger partial charge >= 0.3 is 5.82 Å². The molecular weight excluding hydrogens is 228 g/mol. The van der Waals surface area contributed by atoms with Gasteiger partial charge in [0.1, 0.15) is 0 Å². The van der Waals surface area contributed by atoms with Crippen LogP contribution < -0.4 is 4.68 Å². The minimum absolute atomic E-state index is 0.0153. The summed E-state index contributed by atoms with van der Waals surface area (Å²) in [6, 6.07) is 9.19. The van der Waals surface area contributed by atoms with E-state index in [2.05, 4.69) is 10.3 Å². The number of Topliss-reactive ketones (excluding diaryl/α,β-unsaturated/α-hetero) is 1. The number of aromatic nitrogens is 4. The standard InChI is InChI=1S/C13H17N4O/c1-10(2)13-14-17(15-16(13)3)9-12(18)11-7-5-4-6-8-11/h4-8,10H,9H2,1-3H3/q+1. The molecule has 0 saturated heterocycles. The van der Waals surface area contributed by atoms with Crippen molar-refractivity contribution in [1.29, 1.82) is 0 Å². The molecule has 0 spiro atoms. The largest absolute Gasteiger partial charge is 0.300 e. The fourth-order valence-corrected chi connectivity index (χ4v) is 1.80. The summed E-state index contributed by atoms with van der Waals surface area (Å²) in [6.45, 7) is 4.27. The van der Waals surface area contributed by atoms with Crippen LogP contribution in [0, 0.1) is 0 Å². The van der Waals surface area contributed by atoms with Crippen molar-refractivity contribution < 1.29 is 9.48 Å². The summed E-state index contributed by atoms with van der Waals surface area (Å²) in [4.78, 5) is 13.4. The Bertz CT molecular complexity index is 545. The molecule has 1 aromatic carbocycles. The molecule has 1 heterocycles. The number of hydrogen-bond donors (Lipinski definition) is 0. The summed E-state index contributed by atoms with van der Waals surface area (Å²) in [5.74, 6) is 1.17. The maximum atomic E-state index is 12.0. The van der Waals surface area contributed by atoms with E-state index in [0.29, 0.717) is 5.56 Å². The molecule has 2 rings (SSSR count). The lowest BCUT2D eigenvalue weighted by Gasteiger charge is -1.94. The average molecular weight is 245 g/mol. The number of nitrogens with zero attached hydrogens (tertiary/aromatic N) is 4. The van der Waals surface area contributed by atoms with E-state index in [1.54, 1.807) is 16.8 Å². The highest BCUT2D eigenvalue weighted by Gasteiger charge is 2.21. The van der Waals surface area contributed by atoms with E-state index in [4.69, 9.17) is 0 Å². The minimum Gasteiger partial charge on any atom is -0.290 e. The molecule has 0 aliphatic carbocycles. The molecule has 0 fully saturated rings. The summed E-state index contributed by atoms with van der Waals surface area (Å²) in [7, 11) is 1.84. The number of aryl methyl sites for hydroxylation is 1. The lowest BCUT2D eigenvalue weighted by Crippen LogP contribution is -2.36. The van der Waals surface area contributed by atoms with E-state index in [1.807, 2.05) is 39.1 Å². The Morgan fingerprint density at radius 2 is 2.00 bits per heavy atom. The Kier molecular flexibility index (Phi) is 3.50. The monoisotopic (exact) mass is 245 g/mol. The van der Waals surface area contributed by atoms with E-state index < -0.39 is 0 Å². The summed E-state index contributed by atoms with van der Waals surface area (Å²) in [5, 5.41) is 8.52. The third-order valence-corrected chi connectivity index (χ3v) is 2.68. The predicted octanol–water partition coefficient (Wildman–Crippen LogP) is 1.11. The SMILES string of the molecule is CC(C)c1nn(CC(=O)c2ccccc2)n[n+]1C. The van der Waals surface area contributed by atoms with Gasteiger partial charge in [-0.2, -0.15) is 0 Å². The van der Waals surface area contributed by atoms with Crippen LogP contribution in [0.5, 0.6) is 0 Å². The van der Waals surface area contributed by atoms with Gasteiger partial charge in [0, 0.05) is 11.5 Å². The second-order valence-corrected chi connectivity index (χ2v) is 4.55. The first-order valence-corrected chi connectivity index (χ1v) is 5.97. The second-order valence-electron chi connectivity index (χ2n) is 4.55. The van der Waals surface area contributed by atoms with Gasteiger partial charge in [0.15, 0.2) is 6.54 Å². The van der Waals surface area contributed by atoms with Crippen LogP contribution in [0.3, 0.4) is 0 Å². The number of hydrogen-bond acceptors (Lipinski definition) is 3. The highest BCUT2D eigenvalue weighted by Crippen LogP contribution is 2.05. The fourth-order valence-electron chi connectivity index (χ4n) is 1.80. The zero-order chi connectivity index (χ0) is 13.1. The molecule has 0 N–H and O–H groups in total. The number of carbonyl (C=O) groups excluding carboxylic acids is 1. The van der Waals surface area contributed by atoms with Gasteiger partial charge in [-0.15, -0.1) is 4.68 Å². The van der Waals surface area contributed by atoms with Crippen molar-refractivity contribution in [2.75, 3.05) is 0 Å². The smallest absolute Gasteiger partial charge is 0.290 e. The molecule has 0 aliphatic heterocycles. The van der Waals surface area contributed by atoms with E-state index >= 15 is 0 Å². The van der Waals surface area contributed by atoms with Crippen molar-refractivity contribution in [2.24, 2.45) is 7.05 Å². The molecule has 0 saturated carbocycles. The van der Waals surface area contributed by atoms with Gasteiger partial charge in [-0.25, -0.2) is 0 Å². The van der Waals surface area contributed by atoms with E-state index in [9.17, 15) is 4.79 Å². The van der Waals surface area contributed by atoms with Crippen molar-refractivity contribution in [3.05, 3.63) is 41.7 Å². The maximum Gasteiger partial charge on any atom is 0.300 e. The van der Waals surface area contributed by atoms with Crippen LogP contribution in [0.15, 0.2) is 30.3 Å². The van der Waals surface area contributed by atoms with Crippen LogP contribution in [0.2, 0.25) is 0 Å². The molecule has 5 nitrogen and oxygen atoms in total. The Morgan fingerprint density at radius 1 is 1.33 bits per heavy atom. The first-order chi connectivity index (χ1) is 8.58. The normalized spacial score (nSPS) is 10.9. The summed E-state index contributed by atoms with van der Waals surface area (Å²) in [6.07, 6.45) is 0. The molecule has 0 aliphatic rings. The zero-order valence-corrected chi connectivity index (χ0v) is 10.9. The number of benzene rings is 1. The molecule has 0 unspecified atom stereocenters. The number of ketones is 1. The number of rotatable bonds is 4. The molecule has 1 aromatic heterocycles. The Labute approximate surface area is 106 Å². The third kappa shape index (κ3) is 2.61. The van der Waals surface area contributed by atoms with Crippen molar-refractivity contribution >= 4 is 5.78 Å². The van der Waals surface area contributed by atoms with Crippen LogP contribution >= 0.6 is 0 Å². The molecule has 0 radical (unpaired) electrons. The fraction of sp³-hybridized carbons (Fsp3) is 0.385. The summed E-state index contributed by atoms with van der Waals surface area (Å²) >= 11 is 0. The van der Waals surface area contributed by atoms with Crippen LogP contribution in [-0.4, -0.2) is 20.9 Å².